The predicted octanol–water partition coefficient (Wildman–Crippen LogP) is 13.8. The summed E-state index contributed by atoms with van der Waals surface area (Å²) >= 11 is 0. The van der Waals surface area contributed by atoms with Gasteiger partial charge in [-0.25, -0.2) is 0 Å². The fourth-order valence-electron chi connectivity index (χ4n) is 8.37. The van der Waals surface area contributed by atoms with Crippen LogP contribution < -0.4 is 0 Å². The smallest absolute Gasteiger partial charge is 0.136 e. The molecule has 10 aromatic rings. The third-order valence-corrected chi connectivity index (χ3v) is 10.6. The summed E-state index contributed by atoms with van der Waals surface area (Å²) in [7, 11) is 0. The molecule has 0 atom stereocenters. The zero-order chi connectivity index (χ0) is 32.6. The molecule has 0 amide bonds. The molecular formula is C48H32O. The van der Waals surface area contributed by atoms with Crippen LogP contribution in [0.4, 0.5) is 0 Å². The van der Waals surface area contributed by atoms with Gasteiger partial charge in [0.05, 0.1) is 0 Å². The minimum absolute atomic E-state index is 0.939. The van der Waals surface area contributed by atoms with Crippen molar-refractivity contribution >= 4 is 54.3 Å². The van der Waals surface area contributed by atoms with Crippen LogP contribution in [-0.2, 0) is 0 Å². The van der Waals surface area contributed by atoms with Gasteiger partial charge in [-0.05, 0) is 126 Å². The van der Waals surface area contributed by atoms with Crippen molar-refractivity contribution in [2.75, 3.05) is 0 Å². The van der Waals surface area contributed by atoms with Crippen molar-refractivity contribution in [3.8, 4) is 44.5 Å². The lowest BCUT2D eigenvalue weighted by Crippen LogP contribution is -1.93. The highest BCUT2D eigenvalue weighted by molar-refractivity contribution is 6.29. The minimum Gasteiger partial charge on any atom is -0.456 e. The van der Waals surface area contributed by atoms with Gasteiger partial charge in [0.15, 0.2) is 0 Å². The van der Waals surface area contributed by atoms with Gasteiger partial charge in [0.2, 0.25) is 0 Å². The molecule has 1 heteroatoms. The summed E-state index contributed by atoms with van der Waals surface area (Å²) in [6.45, 7) is 4.45. The van der Waals surface area contributed by atoms with Crippen molar-refractivity contribution in [3.63, 3.8) is 0 Å². The zero-order valence-corrected chi connectivity index (χ0v) is 27.4. The van der Waals surface area contributed by atoms with Crippen molar-refractivity contribution in [2.45, 2.75) is 13.8 Å². The summed E-state index contributed by atoms with van der Waals surface area (Å²) in [6.07, 6.45) is 0. The lowest BCUT2D eigenvalue weighted by molar-refractivity contribution is 0.669. The maximum Gasteiger partial charge on any atom is 0.136 e. The second-order valence-corrected chi connectivity index (χ2v) is 13.3. The molecule has 0 bridgehead atoms. The van der Waals surface area contributed by atoms with Crippen LogP contribution in [0, 0.1) is 13.8 Å². The third kappa shape index (κ3) is 4.12. The van der Waals surface area contributed by atoms with Crippen LogP contribution in [0.2, 0.25) is 0 Å². The Labute approximate surface area is 285 Å². The molecule has 0 fully saturated rings. The molecule has 230 valence electrons. The quantitative estimate of drug-likeness (QED) is 0.140. The SMILES string of the molecule is Cc1ccccc1-c1cccc(-c2cccc(-c3c4ccccc4c(-c4cc5cccc6oc7cccc4c7c56)c4ccccc34)c2)c1C. The monoisotopic (exact) mass is 624 g/mol. The van der Waals surface area contributed by atoms with Crippen LogP contribution in [0.15, 0.2) is 162 Å². The molecule has 0 aliphatic carbocycles. The molecule has 0 aliphatic rings. The van der Waals surface area contributed by atoms with Gasteiger partial charge in [0.25, 0.3) is 0 Å². The van der Waals surface area contributed by atoms with Gasteiger partial charge in [-0.15, -0.1) is 0 Å². The number of fused-ring (bicyclic) bond motifs is 2. The Morgan fingerprint density at radius 1 is 0.367 bits per heavy atom. The van der Waals surface area contributed by atoms with Crippen LogP contribution in [0.1, 0.15) is 11.1 Å². The predicted molar refractivity (Wildman–Crippen MR) is 209 cm³/mol. The van der Waals surface area contributed by atoms with E-state index < -0.39 is 0 Å². The second-order valence-electron chi connectivity index (χ2n) is 13.3. The molecule has 9 aromatic carbocycles. The van der Waals surface area contributed by atoms with Crippen LogP contribution in [0.3, 0.4) is 0 Å². The highest BCUT2D eigenvalue weighted by Crippen LogP contribution is 2.48. The molecule has 49 heavy (non-hydrogen) atoms. The van der Waals surface area contributed by atoms with Crippen LogP contribution in [0.5, 0.6) is 0 Å². The number of furan rings is 1. The van der Waals surface area contributed by atoms with E-state index in [0.29, 0.717) is 0 Å². The molecule has 10 rings (SSSR count). The first-order valence-electron chi connectivity index (χ1n) is 17.0. The Balaban J connectivity index is 1.24. The first-order chi connectivity index (χ1) is 24.2. The molecule has 1 heterocycles. The Morgan fingerprint density at radius 2 is 0.918 bits per heavy atom. The van der Waals surface area contributed by atoms with E-state index in [1.165, 1.54) is 98.7 Å². The number of rotatable bonds is 4. The summed E-state index contributed by atoms with van der Waals surface area (Å²) in [5.41, 5.74) is 14.5. The van der Waals surface area contributed by atoms with Crippen LogP contribution in [0.25, 0.3) is 98.8 Å². The van der Waals surface area contributed by atoms with E-state index in [0.717, 1.165) is 11.2 Å². The van der Waals surface area contributed by atoms with Crippen LogP contribution >= 0.6 is 0 Å². The fraction of sp³-hybridized carbons (Fsp3) is 0.0417. The number of benzene rings is 9. The standard InChI is InChI=1S/C48H32O/c1-29-13-3-4-17-34(29)36-23-11-22-35(30(36)2)31-14-9-15-32(27-31)45-37-18-5-7-20-39(37)47(40-21-8-6-19-38(40)45)42-28-33-16-10-25-43-46(33)48-41(42)24-12-26-44(48)49-43/h3-28H,1-2H3. The van der Waals surface area contributed by atoms with Crippen molar-refractivity contribution in [1.29, 1.82) is 0 Å². The van der Waals surface area contributed by atoms with Crippen molar-refractivity contribution in [2.24, 2.45) is 0 Å². The maximum atomic E-state index is 6.35. The van der Waals surface area contributed by atoms with Crippen LogP contribution in [-0.4, -0.2) is 0 Å². The fourth-order valence-corrected chi connectivity index (χ4v) is 8.37. The van der Waals surface area contributed by atoms with Gasteiger partial charge in [0, 0.05) is 10.8 Å². The van der Waals surface area contributed by atoms with Gasteiger partial charge in [-0.1, -0.05) is 133 Å². The molecule has 0 aliphatic heterocycles. The third-order valence-electron chi connectivity index (χ3n) is 10.6. The maximum absolute atomic E-state index is 6.35. The summed E-state index contributed by atoms with van der Waals surface area (Å²) in [4.78, 5) is 0. The Hall–Kier alpha value is -6.18. The van der Waals surface area contributed by atoms with Gasteiger partial charge >= 0.3 is 0 Å². The number of hydrogen-bond donors (Lipinski definition) is 0. The first-order valence-corrected chi connectivity index (χ1v) is 17.0. The largest absolute Gasteiger partial charge is 0.456 e. The van der Waals surface area contributed by atoms with E-state index in [-0.39, 0.29) is 0 Å². The first kappa shape index (κ1) is 27.9. The average molecular weight is 625 g/mol. The van der Waals surface area contributed by atoms with Gasteiger partial charge < -0.3 is 4.42 Å². The molecule has 1 nitrogen and oxygen atoms in total. The Kier molecular flexibility index (Phi) is 6.07. The van der Waals surface area contributed by atoms with Gasteiger partial charge in [0.1, 0.15) is 11.2 Å². The molecule has 0 saturated carbocycles. The summed E-state index contributed by atoms with van der Waals surface area (Å²) in [5.74, 6) is 0. The average Bonchev–Trinajstić information content (AvgIpc) is 3.53. The molecule has 0 unspecified atom stereocenters. The summed E-state index contributed by atoms with van der Waals surface area (Å²) in [6, 6.07) is 57.6. The Bertz CT molecular complexity index is 2850. The zero-order valence-electron chi connectivity index (χ0n) is 27.4. The Morgan fingerprint density at radius 3 is 1.67 bits per heavy atom. The lowest BCUT2D eigenvalue weighted by Gasteiger charge is -2.20. The molecule has 0 radical (unpaired) electrons. The van der Waals surface area contributed by atoms with E-state index in [1.807, 2.05) is 0 Å². The van der Waals surface area contributed by atoms with E-state index in [2.05, 4.69) is 172 Å². The van der Waals surface area contributed by atoms with E-state index in [9.17, 15) is 0 Å². The summed E-state index contributed by atoms with van der Waals surface area (Å²) in [5, 5.41) is 9.86. The van der Waals surface area contributed by atoms with E-state index in [1.54, 1.807) is 0 Å². The second kappa shape index (κ2) is 10.7. The highest BCUT2D eigenvalue weighted by Gasteiger charge is 2.22. The van der Waals surface area contributed by atoms with Crippen molar-refractivity contribution in [1.82, 2.24) is 0 Å². The number of hydrogen-bond acceptors (Lipinski definition) is 1. The lowest BCUT2D eigenvalue weighted by atomic mass is 9.83. The van der Waals surface area contributed by atoms with E-state index >= 15 is 0 Å². The van der Waals surface area contributed by atoms with E-state index in [4.69, 9.17) is 4.42 Å². The highest BCUT2D eigenvalue weighted by atomic mass is 16.3. The van der Waals surface area contributed by atoms with Gasteiger partial charge in [-0.3, -0.25) is 0 Å². The van der Waals surface area contributed by atoms with Crippen molar-refractivity contribution in [3.05, 3.63) is 169 Å². The minimum atomic E-state index is 0.939. The molecule has 0 spiro atoms. The van der Waals surface area contributed by atoms with Gasteiger partial charge in [-0.2, -0.15) is 0 Å². The van der Waals surface area contributed by atoms with Crippen molar-refractivity contribution < 1.29 is 4.42 Å². The normalized spacial score (nSPS) is 11.9. The molecule has 0 saturated heterocycles. The molecule has 0 N–H and O–H groups in total. The topological polar surface area (TPSA) is 13.1 Å². The summed E-state index contributed by atoms with van der Waals surface area (Å²) < 4.78 is 6.35. The molecular weight excluding hydrogens is 593 g/mol. The number of aryl methyl sites for hydroxylation is 1. The molecule has 1 aromatic heterocycles.